The van der Waals surface area contributed by atoms with E-state index in [1.807, 2.05) is 49.1 Å². The van der Waals surface area contributed by atoms with Crippen molar-refractivity contribution in [1.29, 1.82) is 0 Å². The lowest BCUT2D eigenvalue weighted by Crippen LogP contribution is -2.43. The van der Waals surface area contributed by atoms with Crippen molar-refractivity contribution >= 4 is 11.8 Å². The van der Waals surface area contributed by atoms with E-state index in [0.717, 1.165) is 62.3 Å². The molecule has 0 aliphatic carbocycles. The summed E-state index contributed by atoms with van der Waals surface area (Å²) in [5.41, 5.74) is 1.96. The summed E-state index contributed by atoms with van der Waals surface area (Å²) in [5, 5.41) is 3.10. The maximum Gasteiger partial charge on any atom is 0.223 e. The van der Waals surface area contributed by atoms with Crippen LogP contribution in [0.5, 0.6) is 5.75 Å². The summed E-state index contributed by atoms with van der Waals surface area (Å²) in [6, 6.07) is 14.2. The van der Waals surface area contributed by atoms with Gasteiger partial charge in [-0.2, -0.15) is 0 Å². The molecule has 6 nitrogen and oxygen atoms in total. The minimum atomic E-state index is -0.290. The number of hydrogen-bond donors (Lipinski definition) is 1. The molecule has 194 valence electrons. The predicted molar refractivity (Wildman–Crippen MR) is 138 cm³/mol. The number of amides is 2. The Morgan fingerprint density at radius 3 is 2.50 bits per heavy atom. The van der Waals surface area contributed by atoms with Crippen LogP contribution in [-0.4, -0.2) is 54.9 Å². The van der Waals surface area contributed by atoms with Crippen molar-refractivity contribution in [2.45, 2.75) is 52.1 Å². The van der Waals surface area contributed by atoms with Crippen molar-refractivity contribution in [3.05, 3.63) is 65.5 Å². The lowest BCUT2D eigenvalue weighted by molar-refractivity contribution is -0.128. The Hall–Kier alpha value is -2.93. The topological polar surface area (TPSA) is 61.9 Å². The summed E-state index contributed by atoms with van der Waals surface area (Å²) in [6.07, 6.45) is 3.31. The van der Waals surface area contributed by atoms with Gasteiger partial charge in [0, 0.05) is 32.0 Å². The van der Waals surface area contributed by atoms with Crippen LogP contribution in [0.3, 0.4) is 0 Å². The standard InChI is InChI=1S/C29H38FN3O3/c1-21(2)28(35)31-26(23-5-4-6-24(30)17-23)11-14-32-15-12-29(13-16-32)18-27(34)33(20-29)19-22-7-9-25(36-3)10-8-22/h4-10,17,21,26H,11-16,18-20H2,1-3H3,(H,31,35)/t26-/m0/s1. The summed E-state index contributed by atoms with van der Waals surface area (Å²) in [6.45, 7) is 7.85. The number of ether oxygens (including phenoxy) is 1. The van der Waals surface area contributed by atoms with Crippen LogP contribution in [0.2, 0.25) is 0 Å². The van der Waals surface area contributed by atoms with E-state index in [0.29, 0.717) is 13.0 Å². The molecule has 0 radical (unpaired) electrons. The highest BCUT2D eigenvalue weighted by molar-refractivity contribution is 5.79. The zero-order valence-corrected chi connectivity index (χ0v) is 21.6. The van der Waals surface area contributed by atoms with Crippen LogP contribution in [0.15, 0.2) is 48.5 Å². The fraction of sp³-hybridized carbons (Fsp3) is 0.517. The number of likely N-dealkylation sites (tertiary alicyclic amines) is 2. The number of nitrogens with one attached hydrogen (secondary N) is 1. The molecule has 0 saturated carbocycles. The fourth-order valence-electron chi connectivity index (χ4n) is 5.36. The molecule has 2 aliphatic heterocycles. The Balaban J connectivity index is 1.31. The molecule has 0 aromatic heterocycles. The summed E-state index contributed by atoms with van der Waals surface area (Å²) in [7, 11) is 1.65. The van der Waals surface area contributed by atoms with Gasteiger partial charge in [-0.15, -0.1) is 0 Å². The van der Waals surface area contributed by atoms with Crippen LogP contribution in [-0.2, 0) is 16.1 Å². The first-order chi connectivity index (χ1) is 17.3. The van der Waals surface area contributed by atoms with Crippen molar-refractivity contribution in [3.63, 3.8) is 0 Å². The third-order valence-corrected chi connectivity index (χ3v) is 7.68. The van der Waals surface area contributed by atoms with Gasteiger partial charge in [0.2, 0.25) is 11.8 Å². The average Bonchev–Trinajstić information content (AvgIpc) is 3.17. The lowest BCUT2D eigenvalue weighted by Gasteiger charge is -2.39. The molecule has 36 heavy (non-hydrogen) atoms. The smallest absolute Gasteiger partial charge is 0.223 e. The van der Waals surface area contributed by atoms with Crippen molar-refractivity contribution in [1.82, 2.24) is 15.1 Å². The van der Waals surface area contributed by atoms with E-state index in [2.05, 4.69) is 10.2 Å². The van der Waals surface area contributed by atoms with Crippen LogP contribution in [0.1, 0.15) is 56.7 Å². The SMILES string of the molecule is COc1ccc(CN2CC3(CCN(CC[C@H](NC(=O)C(C)C)c4cccc(F)c4)CC3)CC2=O)cc1. The van der Waals surface area contributed by atoms with Crippen molar-refractivity contribution < 1.29 is 18.7 Å². The molecular weight excluding hydrogens is 457 g/mol. The number of carbonyl (C=O) groups is 2. The molecule has 0 unspecified atom stereocenters. The Labute approximate surface area is 213 Å². The summed E-state index contributed by atoms with van der Waals surface area (Å²) < 4.78 is 19.1. The van der Waals surface area contributed by atoms with E-state index in [9.17, 15) is 14.0 Å². The van der Waals surface area contributed by atoms with Crippen LogP contribution < -0.4 is 10.1 Å². The minimum Gasteiger partial charge on any atom is -0.497 e. The predicted octanol–water partition coefficient (Wildman–Crippen LogP) is 4.55. The van der Waals surface area contributed by atoms with Gasteiger partial charge < -0.3 is 19.9 Å². The number of halogens is 1. The molecule has 0 bridgehead atoms. The van der Waals surface area contributed by atoms with Crippen LogP contribution in [0.25, 0.3) is 0 Å². The highest BCUT2D eigenvalue weighted by Crippen LogP contribution is 2.41. The van der Waals surface area contributed by atoms with Gasteiger partial charge in [0.25, 0.3) is 0 Å². The first-order valence-electron chi connectivity index (χ1n) is 13.0. The van der Waals surface area contributed by atoms with Crippen LogP contribution in [0, 0.1) is 17.2 Å². The Bertz CT molecular complexity index is 1050. The summed E-state index contributed by atoms with van der Waals surface area (Å²) >= 11 is 0. The second-order valence-corrected chi connectivity index (χ2v) is 10.7. The lowest BCUT2D eigenvalue weighted by atomic mass is 9.77. The molecule has 2 aromatic rings. The Morgan fingerprint density at radius 2 is 1.86 bits per heavy atom. The van der Waals surface area contributed by atoms with Crippen molar-refractivity contribution in [3.8, 4) is 5.75 Å². The normalized spacial score (nSPS) is 18.6. The van der Waals surface area contributed by atoms with Crippen LogP contribution >= 0.6 is 0 Å². The monoisotopic (exact) mass is 495 g/mol. The average molecular weight is 496 g/mol. The van der Waals surface area contributed by atoms with E-state index < -0.39 is 0 Å². The molecule has 1 spiro atoms. The van der Waals surface area contributed by atoms with Gasteiger partial charge in [-0.1, -0.05) is 38.1 Å². The maximum absolute atomic E-state index is 13.9. The zero-order chi connectivity index (χ0) is 25.7. The van der Waals surface area contributed by atoms with Gasteiger partial charge in [-0.05, 0) is 73.2 Å². The second kappa shape index (κ2) is 11.4. The fourth-order valence-corrected chi connectivity index (χ4v) is 5.36. The third kappa shape index (κ3) is 6.44. The minimum absolute atomic E-state index is 0.0247. The highest BCUT2D eigenvalue weighted by Gasteiger charge is 2.44. The number of carbonyl (C=O) groups excluding carboxylic acids is 2. The largest absolute Gasteiger partial charge is 0.497 e. The molecular formula is C29H38FN3O3. The van der Waals surface area contributed by atoms with E-state index in [-0.39, 0.29) is 35.0 Å². The van der Waals surface area contributed by atoms with E-state index >= 15 is 0 Å². The molecule has 2 aliphatic rings. The molecule has 7 heteroatoms. The van der Waals surface area contributed by atoms with Gasteiger partial charge in [0.15, 0.2) is 0 Å². The van der Waals surface area contributed by atoms with Gasteiger partial charge in [-0.25, -0.2) is 4.39 Å². The molecule has 2 saturated heterocycles. The Kier molecular flexibility index (Phi) is 8.29. The Morgan fingerprint density at radius 1 is 1.14 bits per heavy atom. The summed E-state index contributed by atoms with van der Waals surface area (Å²) in [4.78, 5) is 29.6. The first kappa shape index (κ1) is 26.1. The van der Waals surface area contributed by atoms with Gasteiger partial charge in [-0.3, -0.25) is 9.59 Å². The number of nitrogens with zero attached hydrogens (tertiary/aromatic N) is 2. The third-order valence-electron chi connectivity index (χ3n) is 7.68. The number of rotatable bonds is 9. The zero-order valence-electron chi connectivity index (χ0n) is 21.6. The number of methoxy groups -OCH3 is 1. The number of benzene rings is 2. The molecule has 2 aromatic carbocycles. The summed E-state index contributed by atoms with van der Waals surface area (Å²) in [5.74, 6) is 0.613. The van der Waals surface area contributed by atoms with E-state index in [1.165, 1.54) is 12.1 Å². The molecule has 1 atom stereocenters. The van der Waals surface area contributed by atoms with E-state index in [4.69, 9.17) is 4.74 Å². The molecule has 1 N–H and O–H groups in total. The van der Waals surface area contributed by atoms with Crippen molar-refractivity contribution in [2.75, 3.05) is 33.3 Å². The van der Waals surface area contributed by atoms with Crippen LogP contribution in [0.4, 0.5) is 4.39 Å². The first-order valence-corrected chi connectivity index (χ1v) is 13.0. The number of hydrogen-bond acceptors (Lipinski definition) is 4. The molecule has 2 amide bonds. The molecule has 4 rings (SSSR count). The highest BCUT2D eigenvalue weighted by atomic mass is 19.1. The number of piperidine rings is 1. The second-order valence-electron chi connectivity index (χ2n) is 10.7. The maximum atomic E-state index is 13.9. The van der Waals surface area contributed by atoms with Gasteiger partial charge in [0.1, 0.15) is 11.6 Å². The van der Waals surface area contributed by atoms with Gasteiger partial charge in [0.05, 0.1) is 13.2 Å². The van der Waals surface area contributed by atoms with Gasteiger partial charge >= 0.3 is 0 Å². The molecule has 2 fully saturated rings. The molecule has 2 heterocycles. The van der Waals surface area contributed by atoms with E-state index in [1.54, 1.807) is 13.2 Å². The quantitative estimate of drug-likeness (QED) is 0.554. The van der Waals surface area contributed by atoms with Crippen molar-refractivity contribution in [2.24, 2.45) is 11.3 Å².